The molecule has 0 fully saturated rings. The number of anilines is 3. The number of benzene rings is 2. The molecule has 0 aliphatic rings. The summed E-state index contributed by atoms with van der Waals surface area (Å²) in [5.74, 6) is 0.0468. The second kappa shape index (κ2) is 6.58. The molecule has 2 N–H and O–H groups in total. The number of nitrogens with one attached hydrogen (secondary N) is 2. The summed E-state index contributed by atoms with van der Waals surface area (Å²) in [4.78, 5) is 0. The van der Waals surface area contributed by atoms with E-state index >= 15 is 0 Å². The molecule has 0 saturated carbocycles. The zero-order valence-corrected chi connectivity index (χ0v) is 14.3. The fourth-order valence-electron chi connectivity index (χ4n) is 2.09. The summed E-state index contributed by atoms with van der Waals surface area (Å²) in [5.41, 5.74) is 4.40. The lowest BCUT2D eigenvalue weighted by atomic mass is 10.1. The Morgan fingerprint density at radius 2 is 1.64 bits per heavy atom. The maximum atomic E-state index is 11.5. The van der Waals surface area contributed by atoms with Crippen molar-refractivity contribution in [1.29, 1.82) is 0 Å². The summed E-state index contributed by atoms with van der Waals surface area (Å²) in [7, 11) is -3.25. The van der Waals surface area contributed by atoms with E-state index in [0.29, 0.717) is 10.7 Å². The molecule has 0 heterocycles. The summed E-state index contributed by atoms with van der Waals surface area (Å²) >= 11 is 6.27. The van der Waals surface area contributed by atoms with Gasteiger partial charge in [0.1, 0.15) is 0 Å². The SMILES string of the molecule is CCS(=O)(=O)Nc1ccc(Nc2c(C)cc(C)cc2Cl)cc1. The molecule has 118 valence electrons. The van der Waals surface area contributed by atoms with Crippen LogP contribution in [0.1, 0.15) is 18.1 Å². The Labute approximate surface area is 136 Å². The molecule has 0 aliphatic carbocycles. The van der Waals surface area contributed by atoms with Crippen molar-refractivity contribution in [2.45, 2.75) is 20.8 Å². The smallest absolute Gasteiger partial charge is 0.232 e. The van der Waals surface area contributed by atoms with Crippen LogP contribution in [-0.2, 0) is 10.0 Å². The van der Waals surface area contributed by atoms with Crippen LogP contribution in [0.5, 0.6) is 0 Å². The van der Waals surface area contributed by atoms with Crippen molar-refractivity contribution in [3.63, 3.8) is 0 Å². The van der Waals surface area contributed by atoms with Crippen molar-refractivity contribution in [3.8, 4) is 0 Å². The quantitative estimate of drug-likeness (QED) is 0.846. The van der Waals surface area contributed by atoms with Gasteiger partial charge in [0.2, 0.25) is 10.0 Å². The van der Waals surface area contributed by atoms with E-state index in [-0.39, 0.29) is 5.75 Å². The molecule has 4 nitrogen and oxygen atoms in total. The van der Waals surface area contributed by atoms with Gasteiger partial charge in [0, 0.05) is 11.4 Å². The largest absolute Gasteiger partial charge is 0.354 e. The molecule has 0 bridgehead atoms. The third-order valence-electron chi connectivity index (χ3n) is 3.24. The Balaban J connectivity index is 2.19. The minimum atomic E-state index is -3.25. The summed E-state index contributed by atoms with van der Waals surface area (Å²) in [6.45, 7) is 5.59. The number of hydrogen-bond acceptors (Lipinski definition) is 3. The van der Waals surface area contributed by atoms with E-state index < -0.39 is 10.0 Å². The second-order valence-electron chi connectivity index (χ2n) is 5.15. The Morgan fingerprint density at radius 3 is 2.18 bits per heavy atom. The lowest BCUT2D eigenvalue weighted by Crippen LogP contribution is -2.14. The molecular weight excluding hydrogens is 320 g/mol. The summed E-state index contributed by atoms with van der Waals surface area (Å²) < 4.78 is 25.6. The van der Waals surface area contributed by atoms with Crippen LogP contribution in [0, 0.1) is 13.8 Å². The van der Waals surface area contributed by atoms with Gasteiger partial charge in [-0.25, -0.2) is 8.42 Å². The van der Waals surface area contributed by atoms with Gasteiger partial charge in [-0.2, -0.15) is 0 Å². The summed E-state index contributed by atoms with van der Waals surface area (Å²) in [6, 6.07) is 11.0. The molecule has 0 spiro atoms. The highest BCUT2D eigenvalue weighted by Crippen LogP contribution is 2.30. The standard InChI is InChI=1S/C16H19ClN2O2S/c1-4-22(20,21)19-14-7-5-13(6-8-14)18-16-12(3)9-11(2)10-15(16)17/h5-10,18-19H,4H2,1-3H3. The molecule has 22 heavy (non-hydrogen) atoms. The summed E-state index contributed by atoms with van der Waals surface area (Å²) in [5, 5.41) is 3.92. The van der Waals surface area contributed by atoms with Crippen LogP contribution < -0.4 is 10.0 Å². The average Bonchev–Trinajstić information content (AvgIpc) is 2.44. The van der Waals surface area contributed by atoms with Crippen LogP contribution in [0.25, 0.3) is 0 Å². The van der Waals surface area contributed by atoms with E-state index in [4.69, 9.17) is 11.6 Å². The first-order chi connectivity index (χ1) is 10.3. The monoisotopic (exact) mass is 338 g/mol. The van der Waals surface area contributed by atoms with Gasteiger partial charge in [0.15, 0.2) is 0 Å². The van der Waals surface area contributed by atoms with Crippen molar-refractivity contribution in [2.24, 2.45) is 0 Å². The molecule has 2 rings (SSSR count). The number of halogens is 1. The molecule has 0 unspecified atom stereocenters. The molecule has 6 heteroatoms. The van der Waals surface area contributed by atoms with Gasteiger partial charge in [-0.15, -0.1) is 0 Å². The highest BCUT2D eigenvalue weighted by molar-refractivity contribution is 7.92. The maximum absolute atomic E-state index is 11.5. The van der Waals surface area contributed by atoms with E-state index in [1.165, 1.54) is 0 Å². The van der Waals surface area contributed by atoms with Gasteiger partial charge in [-0.05, 0) is 62.2 Å². The first-order valence-corrected chi connectivity index (χ1v) is 8.98. The Hall–Kier alpha value is -1.72. The van der Waals surface area contributed by atoms with Gasteiger partial charge in [-0.1, -0.05) is 17.7 Å². The first kappa shape index (κ1) is 16.6. The third kappa shape index (κ3) is 4.15. The molecule has 2 aromatic carbocycles. The molecule has 0 saturated heterocycles. The van der Waals surface area contributed by atoms with Crippen LogP contribution in [0.4, 0.5) is 17.1 Å². The Morgan fingerprint density at radius 1 is 1.05 bits per heavy atom. The maximum Gasteiger partial charge on any atom is 0.232 e. The lowest BCUT2D eigenvalue weighted by Gasteiger charge is -2.13. The highest BCUT2D eigenvalue weighted by atomic mass is 35.5. The van der Waals surface area contributed by atoms with Gasteiger partial charge in [-0.3, -0.25) is 4.72 Å². The van der Waals surface area contributed by atoms with Crippen LogP contribution >= 0.6 is 11.6 Å². The highest BCUT2D eigenvalue weighted by Gasteiger charge is 2.08. The molecule has 0 amide bonds. The molecule has 0 aliphatic heterocycles. The van der Waals surface area contributed by atoms with Crippen molar-refractivity contribution in [2.75, 3.05) is 15.8 Å². The Bertz CT molecular complexity index is 748. The first-order valence-electron chi connectivity index (χ1n) is 6.95. The van der Waals surface area contributed by atoms with Crippen molar-refractivity contribution in [1.82, 2.24) is 0 Å². The normalized spacial score (nSPS) is 11.3. The van der Waals surface area contributed by atoms with Crippen LogP contribution in [0.15, 0.2) is 36.4 Å². The third-order valence-corrected chi connectivity index (χ3v) is 4.84. The second-order valence-corrected chi connectivity index (χ2v) is 7.56. The number of aryl methyl sites for hydroxylation is 2. The fraction of sp³-hybridized carbons (Fsp3) is 0.250. The fourth-order valence-corrected chi connectivity index (χ4v) is 3.10. The number of rotatable bonds is 5. The lowest BCUT2D eigenvalue weighted by molar-refractivity contribution is 0.602. The van der Waals surface area contributed by atoms with E-state index in [2.05, 4.69) is 16.1 Å². The summed E-state index contributed by atoms with van der Waals surface area (Å²) in [6.07, 6.45) is 0. The van der Waals surface area contributed by atoms with Crippen molar-refractivity contribution in [3.05, 3.63) is 52.5 Å². The van der Waals surface area contributed by atoms with Gasteiger partial charge >= 0.3 is 0 Å². The Kier molecular flexibility index (Phi) is 4.98. The van der Waals surface area contributed by atoms with E-state index in [1.807, 2.05) is 32.0 Å². The van der Waals surface area contributed by atoms with Crippen molar-refractivity contribution >= 4 is 38.7 Å². The molecular formula is C16H19ClN2O2S. The zero-order chi connectivity index (χ0) is 16.3. The van der Waals surface area contributed by atoms with Crippen molar-refractivity contribution < 1.29 is 8.42 Å². The van der Waals surface area contributed by atoms with E-state index in [9.17, 15) is 8.42 Å². The number of hydrogen-bond donors (Lipinski definition) is 2. The predicted octanol–water partition coefficient (Wildman–Crippen LogP) is 4.46. The minimum Gasteiger partial charge on any atom is -0.354 e. The molecule has 0 atom stereocenters. The predicted molar refractivity (Wildman–Crippen MR) is 93.7 cm³/mol. The van der Waals surface area contributed by atoms with Gasteiger partial charge in [0.05, 0.1) is 16.5 Å². The van der Waals surface area contributed by atoms with Crippen LogP contribution in [-0.4, -0.2) is 14.2 Å². The van der Waals surface area contributed by atoms with E-state index in [0.717, 1.165) is 22.5 Å². The number of sulfonamides is 1. The zero-order valence-electron chi connectivity index (χ0n) is 12.8. The minimum absolute atomic E-state index is 0.0468. The molecule has 0 radical (unpaired) electrons. The topological polar surface area (TPSA) is 58.2 Å². The van der Waals surface area contributed by atoms with Crippen LogP contribution in [0.2, 0.25) is 5.02 Å². The average molecular weight is 339 g/mol. The van der Waals surface area contributed by atoms with E-state index in [1.54, 1.807) is 19.1 Å². The van der Waals surface area contributed by atoms with Gasteiger partial charge < -0.3 is 5.32 Å². The van der Waals surface area contributed by atoms with Crippen LogP contribution in [0.3, 0.4) is 0 Å². The molecule has 2 aromatic rings. The van der Waals surface area contributed by atoms with Gasteiger partial charge in [0.25, 0.3) is 0 Å². The molecule has 0 aromatic heterocycles.